The number of hydrogen-bond donors (Lipinski definition) is 2. The van der Waals surface area contributed by atoms with Crippen molar-refractivity contribution in [2.75, 3.05) is 19.6 Å². The molecule has 0 aliphatic carbocycles. The van der Waals surface area contributed by atoms with Crippen molar-refractivity contribution < 1.29 is 4.79 Å². The summed E-state index contributed by atoms with van der Waals surface area (Å²) >= 11 is 0. The first-order chi connectivity index (χ1) is 7.72. The minimum atomic E-state index is 0.0889. The van der Waals surface area contributed by atoms with Crippen molar-refractivity contribution in [1.29, 1.82) is 0 Å². The van der Waals surface area contributed by atoms with Crippen LogP contribution in [0.5, 0.6) is 0 Å². The van der Waals surface area contributed by atoms with Crippen LogP contribution in [0.3, 0.4) is 0 Å². The third kappa shape index (κ3) is 4.88. The van der Waals surface area contributed by atoms with Crippen LogP contribution in [0.4, 0.5) is 0 Å². The predicted octanol–water partition coefficient (Wildman–Crippen LogP) is -0.527. The number of aromatic nitrogens is 3. The highest BCUT2D eigenvalue weighted by molar-refractivity contribution is 5.75. The molecular formula is C10H19N5O. The van der Waals surface area contributed by atoms with Gasteiger partial charge in [0.05, 0.1) is 0 Å². The molecule has 0 bridgehead atoms. The Morgan fingerprint density at radius 1 is 1.50 bits per heavy atom. The first-order valence-corrected chi connectivity index (χ1v) is 5.54. The van der Waals surface area contributed by atoms with Crippen LogP contribution >= 0.6 is 0 Å². The summed E-state index contributed by atoms with van der Waals surface area (Å²) in [5.41, 5.74) is 0. The van der Waals surface area contributed by atoms with Crippen LogP contribution in [0.15, 0.2) is 6.33 Å². The molecule has 0 saturated heterocycles. The van der Waals surface area contributed by atoms with E-state index in [9.17, 15) is 4.79 Å². The molecule has 0 aromatic carbocycles. The number of nitrogens with one attached hydrogen (secondary N) is 2. The Morgan fingerprint density at radius 2 is 2.31 bits per heavy atom. The molecule has 6 nitrogen and oxygen atoms in total. The van der Waals surface area contributed by atoms with Crippen molar-refractivity contribution in [3.05, 3.63) is 12.2 Å². The largest absolute Gasteiger partial charge is 0.356 e. The van der Waals surface area contributed by atoms with E-state index >= 15 is 0 Å². The van der Waals surface area contributed by atoms with E-state index in [-0.39, 0.29) is 5.91 Å². The van der Waals surface area contributed by atoms with Crippen LogP contribution in [0.25, 0.3) is 0 Å². The standard InChI is InChI=1S/C10H19N5O/c1-3-12-10(16)5-7-11-6-4-9-13-8-15(2)14-9/h8,11H,3-7H2,1-2H3,(H,12,16). The highest BCUT2D eigenvalue weighted by Crippen LogP contribution is 1.88. The number of hydrogen-bond acceptors (Lipinski definition) is 4. The number of aryl methyl sites for hydroxylation is 1. The van der Waals surface area contributed by atoms with Gasteiger partial charge in [0.1, 0.15) is 6.33 Å². The fourth-order valence-corrected chi connectivity index (χ4v) is 1.31. The van der Waals surface area contributed by atoms with Crippen molar-refractivity contribution >= 4 is 5.91 Å². The fourth-order valence-electron chi connectivity index (χ4n) is 1.31. The van der Waals surface area contributed by atoms with Crippen LogP contribution in [-0.4, -0.2) is 40.3 Å². The average molecular weight is 225 g/mol. The second kappa shape index (κ2) is 6.95. The summed E-state index contributed by atoms with van der Waals surface area (Å²) in [7, 11) is 1.85. The molecule has 2 N–H and O–H groups in total. The molecule has 0 saturated carbocycles. The maximum absolute atomic E-state index is 11.1. The molecule has 90 valence electrons. The van der Waals surface area contributed by atoms with Crippen molar-refractivity contribution in [1.82, 2.24) is 25.4 Å². The molecule has 0 aliphatic heterocycles. The Hall–Kier alpha value is -1.43. The monoisotopic (exact) mass is 225 g/mol. The lowest BCUT2D eigenvalue weighted by Crippen LogP contribution is -2.28. The zero-order valence-electron chi connectivity index (χ0n) is 9.86. The first kappa shape index (κ1) is 12.6. The summed E-state index contributed by atoms with van der Waals surface area (Å²) in [5, 5.41) is 10.1. The van der Waals surface area contributed by atoms with E-state index in [1.54, 1.807) is 11.0 Å². The molecule has 6 heteroatoms. The first-order valence-electron chi connectivity index (χ1n) is 5.54. The molecule has 0 atom stereocenters. The lowest BCUT2D eigenvalue weighted by atomic mass is 10.3. The molecule has 1 heterocycles. The van der Waals surface area contributed by atoms with Crippen molar-refractivity contribution in [2.45, 2.75) is 19.8 Å². The summed E-state index contributed by atoms with van der Waals surface area (Å²) < 4.78 is 1.68. The molecule has 0 radical (unpaired) electrons. The van der Waals surface area contributed by atoms with Gasteiger partial charge in [-0.3, -0.25) is 9.48 Å². The van der Waals surface area contributed by atoms with E-state index in [4.69, 9.17) is 0 Å². The maximum atomic E-state index is 11.1. The quantitative estimate of drug-likeness (QED) is 0.612. The molecule has 0 fully saturated rings. The minimum Gasteiger partial charge on any atom is -0.356 e. The van der Waals surface area contributed by atoms with Crippen LogP contribution in [0.1, 0.15) is 19.2 Å². The Bertz CT molecular complexity index is 323. The van der Waals surface area contributed by atoms with Gasteiger partial charge in [0, 0.05) is 39.5 Å². The van der Waals surface area contributed by atoms with Crippen molar-refractivity contribution in [2.24, 2.45) is 7.05 Å². The normalized spacial score (nSPS) is 10.4. The minimum absolute atomic E-state index is 0.0889. The SMILES string of the molecule is CCNC(=O)CCNCCc1ncn(C)n1. The number of nitrogens with zero attached hydrogens (tertiary/aromatic N) is 3. The van der Waals surface area contributed by atoms with Crippen molar-refractivity contribution in [3.63, 3.8) is 0 Å². The van der Waals surface area contributed by atoms with E-state index in [1.807, 2.05) is 14.0 Å². The Kier molecular flexibility index (Phi) is 5.49. The van der Waals surface area contributed by atoms with Gasteiger partial charge in [-0.25, -0.2) is 4.98 Å². The second-order valence-corrected chi connectivity index (χ2v) is 3.54. The number of amides is 1. The van der Waals surface area contributed by atoms with Crippen LogP contribution in [-0.2, 0) is 18.3 Å². The zero-order chi connectivity index (χ0) is 11.8. The van der Waals surface area contributed by atoms with Gasteiger partial charge >= 0.3 is 0 Å². The van der Waals surface area contributed by atoms with Crippen LogP contribution in [0.2, 0.25) is 0 Å². The lowest BCUT2D eigenvalue weighted by Gasteiger charge is -2.03. The zero-order valence-corrected chi connectivity index (χ0v) is 9.86. The highest BCUT2D eigenvalue weighted by atomic mass is 16.1. The van der Waals surface area contributed by atoms with Gasteiger partial charge in [-0.15, -0.1) is 0 Å². The third-order valence-electron chi connectivity index (χ3n) is 2.08. The third-order valence-corrected chi connectivity index (χ3v) is 2.08. The summed E-state index contributed by atoms with van der Waals surface area (Å²) in [4.78, 5) is 15.2. The van der Waals surface area contributed by atoms with Gasteiger partial charge in [0.25, 0.3) is 0 Å². The molecule has 0 aliphatic rings. The van der Waals surface area contributed by atoms with E-state index < -0.39 is 0 Å². The summed E-state index contributed by atoms with van der Waals surface area (Å²) in [6, 6.07) is 0. The van der Waals surface area contributed by atoms with Gasteiger partial charge in [-0.05, 0) is 6.92 Å². The summed E-state index contributed by atoms with van der Waals surface area (Å²) in [6.45, 7) is 4.09. The maximum Gasteiger partial charge on any atom is 0.221 e. The Labute approximate surface area is 95.4 Å². The topological polar surface area (TPSA) is 71.8 Å². The molecule has 1 aromatic rings. The molecule has 16 heavy (non-hydrogen) atoms. The molecular weight excluding hydrogens is 206 g/mol. The lowest BCUT2D eigenvalue weighted by molar-refractivity contribution is -0.120. The van der Waals surface area contributed by atoms with Gasteiger partial charge in [0.2, 0.25) is 5.91 Å². The number of carbonyl (C=O) groups is 1. The van der Waals surface area contributed by atoms with E-state index in [2.05, 4.69) is 20.7 Å². The molecule has 1 rings (SSSR count). The molecule has 0 spiro atoms. The number of carbonyl (C=O) groups excluding carboxylic acids is 1. The summed E-state index contributed by atoms with van der Waals surface area (Å²) in [6.07, 6.45) is 2.99. The van der Waals surface area contributed by atoms with Gasteiger partial charge in [0.15, 0.2) is 5.82 Å². The van der Waals surface area contributed by atoms with Crippen molar-refractivity contribution in [3.8, 4) is 0 Å². The molecule has 0 unspecified atom stereocenters. The molecule has 1 amide bonds. The van der Waals surface area contributed by atoms with Crippen LogP contribution < -0.4 is 10.6 Å². The fraction of sp³-hybridized carbons (Fsp3) is 0.700. The summed E-state index contributed by atoms with van der Waals surface area (Å²) in [5.74, 6) is 0.916. The predicted molar refractivity (Wildman–Crippen MR) is 60.9 cm³/mol. The van der Waals surface area contributed by atoms with E-state index in [1.165, 1.54) is 0 Å². The Balaban J connectivity index is 2.02. The van der Waals surface area contributed by atoms with Gasteiger partial charge in [-0.1, -0.05) is 0 Å². The Morgan fingerprint density at radius 3 is 2.94 bits per heavy atom. The second-order valence-electron chi connectivity index (χ2n) is 3.54. The van der Waals surface area contributed by atoms with E-state index in [0.29, 0.717) is 19.5 Å². The highest BCUT2D eigenvalue weighted by Gasteiger charge is 2.00. The molecule has 1 aromatic heterocycles. The number of rotatable bonds is 7. The smallest absolute Gasteiger partial charge is 0.221 e. The van der Waals surface area contributed by atoms with Gasteiger partial charge < -0.3 is 10.6 Å². The van der Waals surface area contributed by atoms with E-state index in [0.717, 1.165) is 18.8 Å². The average Bonchev–Trinajstić information content (AvgIpc) is 2.64. The van der Waals surface area contributed by atoms with Gasteiger partial charge in [-0.2, -0.15) is 5.10 Å². The van der Waals surface area contributed by atoms with Crippen LogP contribution in [0, 0.1) is 0 Å².